The summed E-state index contributed by atoms with van der Waals surface area (Å²) < 4.78 is 5.66. The average molecular weight is 290 g/mol. The first-order valence-electron chi connectivity index (χ1n) is 7.16. The van der Waals surface area contributed by atoms with E-state index in [0.717, 1.165) is 0 Å². The highest BCUT2D eigenvalue weighted by atomic mass is 16.5. The molecule has 1 aliphatic rings. The van der Waals surface area contributed by atoms with E-state index in [2.05, 4.69) is 10.6 Å². The number of carbonyl (C=O) groups excluding carboxylic acids is 2. The van der Waals surface area contributed by atoms with Gasteiger partial charge in [0.2, 0.25) is 11.8 Å². The second-order valence-electron chi connectivity index (χ2n) is 6.48. The Morgan fingerprint density at radius 2 is 2.14 bits per heavy atom. The molecule has 0 atom stereocenters. The summed E-state index contributed by atoms with van der Waals surface area (Å²) in [5.41, 5.74) is 0.663. The number of hydrogen-bond acceptors (Lipinski definition) is 3. The maximum Gasteiger partial charge on any atom is 0.233 e. The number of hydrogen-bond donors (Lipinski definition) is 2. The van der Waals surface area contributed by atoms with Crippen LogP contribution in [0.15, 0.2) is 18.2 Å². The Bertz CT molecular complexity index is 565. The lowest BCUT2D eigenvalue weighted by Gasteiger charge is -2.18. The highest BCUT2D eigenvalue weighted by Gasteiger charge is 2.32. The van der Waals surface area contributed by atoms with Gasteiger partial charge in [-0.1, -0.05) is 13.8 Å². The Hall–Kier alpha value is -2.04. The molecule has 0 unspecified atom stereocenters. The van der Waals surface area contributed by atoms with E-state index in [-0.39, 0.29) is 11.8 Å². The number of benzene rings is 1. The van der Waals surface area contributed by atoms with Crippen molar-refractivity contribution in [3.05, 3.63) is 18.2 Å². The first kappa shape index (κ1) is 15.4. The molecular weight excluding hydrogens is 268 g/mol. The van der Waals surface area contributed by atoms with Crippen molar-refractivity contribution in [2.45, 2.75) is 34.1 Å². The topological polar surface area (TPSA) is 67.4 Å². The second kappa shape index (κ2) is 5.76. The summed E-state index contributed by atoms with van der Waals surface area (Å²) in [6.07, 6.45) is 0.465. The van der Waals surface area contributed by atoms with Crippen molar-refractivity contribution in [3.63, 3.8) is 0 Å². The minimum Gasteiger partial charge on any atom is -0.490 e. The maximum atomic E-state index is 12.1. The fourth-order valence-electron chi connectivity index (χ4n) is 2.03. The third-order valence-corrected chi connectivity index (χ3v) is 3.31. The number of rotatable bonds is 3. The molecule has 1 aliphatic heterocycles. The van der Waals surface area contributed by atoms with E-state index in [0.29, 0.717) is 36.1 Å². The lowest BCUT2D eigenvalue weighted by Crippen LogP contribution is -2.33. The fraction of sp³-hybridized carbons (Fsp3) is 0.500. The Morgan fingerprint density at radius 1 is 1.43 bits per heavy atom. The van der Waals surface area contributed by atoms with Crippen LogP contribution in [-0.2, 0) is 9.59 Å². The molecule has 0 aliphatic carbocycles. The molecule has 0 radical (unpaired) electrons. The molecule has 0 bridgehead atoms. The van der Waals surface area contributed by atoms with Gasteiger partial charge in [0.05, 0.1) is 11.1 Å². The number of ether oxygens (including phenoxy) is 1. The molecule has 1 heterocycles. The van der Waals surface area contributed by atoms with Crippen molar-refractivity contribution in [1.82, 2.24) is 0 Å². The highest BCUT2D eigenvalue weighted by Crippen LogP contribution is 2.34. The predicted octanol–water partition coefficient (Wildman–Crippen LogP) is 3.03. The third kappa shape index (κ3) is 3.74. The van der Waals surface area contributed by atoms with Crippen LogP contribution >= 0.6 is 0 Å². The smallest absolute Gasteiger partial charge is 0.233 e. The van der Waals surface area contributed by atoms with Gasteiger partial charge in [0.15, 0.2) is 0 Å². The molecule has 1 aromatic carbocycles. The monoisotopic (exact) mass is 290 g/mol. The summed E-state index contributed by atoms with van der Waals surface area (Å²) in [5, 5.41) is 5.69. The molecule has 0 saturated heterocycles. The van der Waals surface area contributed by atoms with Crippen molar-refractivity contribution in [2.75, 3.05) is 17.2 Å². The Morgan fingerprint density at radius 3 is 2.81 bits per heavy atom. The van der Waals surface area contributed by atoms with E-state index in [1.165, 1.54) is 0 Å². The van der Waals surface area contributed by atoms with Crippen LogP contribution in [0.25, 0.3) is 0 Å². The number of amides is 2. The molecular formula is C16H22N2O3. The normalized spacial score (nSPS) is 16.5. The first-order valence-corrected chi connectivity index (χ1v) is 7.16. The largest absolute Gasteiger partial charge is 0.490 e. The van der Waals surface area contributed by atoms with Crippen LogP contribution in [0.1, 0.15) is 34.1 Å². The van der Waals surface area contributed by atoms with Crippen molar-refractivity contribution in [1.29, 1.82) is 0 Å². The quantitative estimate of drug-likeness (QED) is 0.899. The standard InChI is InChI=1S/C16H22N2O3/c1-10(2)7-14(19)17-11-5-6-13-12(8-11)18-15(20)16(3,4)9-21-13/h5-6,8,10H,7,9H2,1-4H3,(H,17,19)(H,18,20). The Balaban J connectivity index is 2.17. The van der Waals surface area contributed by atoms with Crippen LogP contribution in [0.4, 0.5) is 11.4 Å². The fourth-order valence-corrected chi connectivity index (χ4v) is 2.03. The van der Waals surface area contributed by atoms with Crippen LogP contribution in [0.2, 0.25) is 0 Å². The molecule has 114 valence electrons. The molecule has 2 N–H and O–H groups in total. The van der Waals surface area contributed by atoms with Gasteiger partial charge >= 0.3 is 0 Å². The molecule has 0 aromatic heterocycles. The van der Waals surface area contributed by atoms with Crippen LogP contribution in [0.5, 0.6) is 5.75 Å². The molecule has 21 heavy (non-hydrogen) atoms. The van der Waals surface area contributed by atoms with Crippen LogP contribution in [0, 0.1) is 11.3 Å². The highest BCUT2D eigenvalue weighted by molar-refractivity contribution is 5.98. The zero-order chi connectivity index (χ0) is 15.6. The lowest BCUT2D eigenvalue weighted by molar-refractivity contribution is -0.125. The summed E-state index contributed by atoms with van der Waals surface area (Å²) in [4.78, 5) is 23.9. The molecule has 0 saturated carbocycles. The van der Waals surface area contributed by atoms with Crippen LogP contribution in [-0.4, -0.2) is 18.4 Å². The van der Waals surface area contributed by atoms with Crippen LogP contribution < -0.4 is 15.4 Å². The zero-order valence-electron chi connectivity index (χ0n) is 12.9. The summed E-state index contributed by atoms with van der Waals surface area (Å²) in [7, 11) is 0. The van der Waals surface area contributed by atoms with E-state index < -0.39 is 5.41 Å². The van der Waals surface area contributed by atoms with Gasteiger partial charge in [-0.2, -0.15) is 0 Å². The van der Waals surface area contributed by atoms with Crippen molar-refractivity contribution < 1.29 is 14.3 Å². The van der Waals surface area contributed by atoms with Gasteiger partial charge < -0.3 is 15.4 Å². The van der Waals surface area contributed by atoms with Gasteiger partial charge in [0.1, 0.15) is 12.4 Å². The van der Waals surface area contributed by atoms with E-state index in [1.807, 2.05) is 27.7 Å². The summed E-state index contributed by atoms with van der Waals surface area (Å²) in [6.45, 7) is 7.98. The zero-order valence-corrected chi connectivity index (χ0v) is 12.9. The summed E-state index contributed by atoms with van der Waals surface area (Å²) >= 11 is 0. The number of fused-ring (bicyclic) bond motifs is 1. The summed E-state index contributed by atoms with van der Waals surface area (Å²) in [6, 6.07) is 5.27. The van der Waals surface area contributed by atoms with E-state index >= 15 is 0 Å². The average Bonchev–Trinajstić information content (AvgIpc) is 2.46. The molecule has 5 nitrogen and oxygen atoms in total. The van der Waals surface area contributed by atoms with Crippen LogP contribution in [0.3, 0.4) is 0 Å². The van der Waals surface area contributed by atoms with Gasteiger partial charge in [-0.15, -0.1) is 0 Å². The number of nitrogens with one attached hydrogen (secondary N) is 2. The molecule has 5 heteroatoms. The third-order valence-electron chi connectivity index (χ3n) is 3.31. The Kier molecular flexibility index (Phi) is 4.21. The molecule has 1 aromatic rings. The molecule has 0 spiro atoms. The van der Waals surface area contributed by atoms with Crippen molar-refractivity contribution in [2.24, 2.45) is 11.3 Å². The van der Waals surface area contributed by atoms with Gasteiger partial charge in [0.25, 0.3) is 0 Å². The van der Waals surface area contributed by atoms with E-state index in [1.54, 1.807) is 18.2 Å². The molecule has 0 fully saturated rings. The number of anilines is 2. The minimum atomic E-state index is -0.583. The van der Waals surface area contributed by atoms with E-state index in [9.17, 15) is 9.59 Å². The van der Waals surface area contributed by atoms with E-state index in [4.69, 9.17) is 4.74 Å². The molecule has 2 amide bonds. The first-order chi connectivity index (χ1) is 9.78. The maximum absolute atomic E-state index is 12.1. The van der Waals surface area contributed by atoms with Crippen molar-refractivity contribution >= 4 is 23.2 Å². The number of carbonyl (C=O) groups is 2. The van der Waals surface area contributed by atoms with Gasteiger partial charge in [-0.05, 0) is 38.0 Å². The Labute approximate surface area is 125 Å². The van der Waals surface area contributed by atoms with Gasteiger partial charge in [-0.3, -0.25) is 9.59 Å². The van der Waals surface area contributed by atoms with Crippen molar-refractivity contribution in [3.8, 4) is 5.75 Å². The predicted molar refractivity (Wildman–Crippen MR) is 82.4 cm³/mol. The SMILES string of the molecule is CC(C)CC(=O)Nc1ccc2c(c1)NC(=O)C(C)(C)CO2. The molecule has 2 rings (SSSR count). The summed E-state index contributed by atoms with van der Waals surface area (Å²) in [5.74, 6) is 0.795. The second-order valence-corrected chi connectivity index (χ2v) is 6.48. The van der Waals surface area contributed by atoms with Gasteiger partial charge in [0, 0.05) is 12.1 Å². The van der Waals surface area contributed by atoms with Gasteiger partial charge in [-0.25, -0.2) is 0 Å². The lowest BCUT2D eigenvalue weighted by atomic mass is 9.94. The minimum absolute atomic E-state index is 0.0360.